The summed E-state index contributed by atoms with van der Waals surface area (Å²) >= 11 is 0. The Labute approximate surface area is 215 Å². The van der Waals surface area contributed by atoms with Gasteiger partial charge in [0.25, 0.3) is 0 Å². The molecule has 2 aromatic rings. The van der Waals surface area contributed by atoms with Crippen molar-refractivity contribution in [3.8, 4) is 5.75 Å². The van der Waals surface area contributed by atoms with E-state index in [1.54, 1.807) is 4.90 Å². The van der Waals surface area contributed by atoms with Gasteiger partial charge in [-0.1, -0.05) is 24.3 Å². The highest BCUT2D eigenvalue weighted by Crippen LogP contribution is 2.30. The molecule has 0 spiro atoms. The van der Waals surface area contributed by atoms with Gasteiger partial charge in [0.05, 0.1) is 12.1 Å². The van der Waals surface area contributed by atoms with Crippen LogP contribution in [0, 0.1) is 20.8 Å². The number of carbonyl (C=O) groups excluding carboxylic acids is 1. The number of aliphatic hydroxyl groups is 2. The van der Waals surface area contributed by atoms with Crippen LogP contribution in [0.25, 0.3) is 0 Å². The van der Waals surface area contributed by atoms with Crippen molar-refractivity contribution in [2.75, 3.05) is 57.3 Å². The second kappa shape index (κ2) is 10.8. The lowest BCUT2D eigenvalue weighted by Crippen LogP contribution is -2.55. The molecule has 2 fully saturated rings. The van der Waals surface area contributed by atoms with Crippen molar-refractivity contribution in [3.63, 3.8) is 0 Å². The van der Waals surface area contributed by atoms with E-state index in [0.717, 1.165) is 24.2 Å². The van der Waals surface area contributed by atoms with Crippen molar-refractivity contribution < 1.29 is 19.7 Å². The van der Waals surface area contributed by atoms with E-state index in [-0.39, 0.29) is 19.1 Å². The van der Waals surface area contributed by atoms with Crippen LogP contribution in [0.1, 0.15) is 36.5 Å². The molecular formula is C29H41N3O4. The topological polar surface area (TPSA) is 76.5 Å². The maximum absolute atomic E-state index is 12.3. The number of ether oxygens (including phenoxy) is 1. The number of amides is 1. The molecule has 0 radical (unpaired) electrons. The van der Waals surface area contributed by atoms with E-state index in [2.05, 4.69) is 41.0 Å². The standard InChI is InChI=1S/C29H41N3O4/c1-22-15-23(2)17-26(16-22)36-21-29(35)19-30(13-14-32(20-29)25(4)33)18-28(34)9-11-31(12-10-28)27-8-6-5-7-24(27)3/h5-8,15-17,34-35H,9-14,18-21H2,1-4H3/t29-/m0/s1. The summed E-state index contributed by atoms with van der Waals surface area (Å²) in [5.74, 6) is 0.653. The van der Waals surface area contributed by atoms with Crippen LogP contribution in [0.5, 0.6) is 5.75 Å². The Hall–Kier alpha value is -2.61. The molecule has 2 aliphatic rings. The Bertz CT molecular complexity index is 1050. The van der Waals surface area contributed by atoms with E-state index >= 15 is 0 Å². The van der Waals surface area contributed by atoms with Crippen molar-refractivity contribution >= 4 is 11.6 Å². The van der Waals surface area contributed by atoms with Crippen LogP contribution in [0.2, 0.25) is 0 Å². The van der Waals surface area contributed by atoms with E-state index in [1.807, 2.05) is 32.0 Å². The Morgan fingerprint density at radius 1 is 0.917 bits per heavy atom. The molecule has 0 aromatic heterocycles. The van der Waals surface area contributed by atoms with Crippen molar-refractivity contribution in [2.24, 2.45) is 0 Å². The second-order valence-corrected chi connectivity index (χ2v) is 11.0. The molecule has 7 heteroatoms. The third-order valence-corrected chi connectivity index (χ3v) is 7.51. The number of benzene rings is 2. The van der Waals surface area contributed by atoms with E-state index in [1.165, 1.54) is 18.2 Å². The van der Waals surface area contributed by atoms with E-state index in [4.69, 9.17) is 4.74 Å². The van der Waals surface area contributed by atoms with Gasteiger partial charge in [-0.15, -0.1) is 0 Å². The van der Waals surface area contributed by atoms with Crippen LogP contribution < -0.4 is 9.64 Å². The van der Waals surface area contributed by atoms with Gasteiger partial charge in [0.2, 0.25) is 5.91 Å². The first kappa shape index (κ1) is 26.5. The summed E-state index contributed by atoms with van der Waals surface area (Å²) in [5, 5.41) is 23.1. The number of piperidine rings is 1. The minimum Gasteiger partial charge on any atom is -0.490 e. The molecule has 0 saturated carbocycles. The minimum atomic E-state index is -1.24. The Balaban J connectivity index is 1.42. The first-order chi connectivity index (χ1) is 17.0. The summed E-state index contributed by atoms with van der Waals surface area (Å²) in [6.07, 6.45) is 1.32. The quantitative estimate of drug-likeness (QED) is 0.642. The first-order valence-electron chi connectivity index (χ1n) is 13.0. The van der Waals surface area contributed by atoms with Gasteiger partial charge in [-0.3, -0.25) is 9.69 Å². The highest BCUT2D eigenvalue weighted by Gasteiger charge is 2.41. The van der Waals surface area contributed by atoms with Crippen LogP contribution >= 0.6 is 0 Å². The highest BCUT2D eigenvalue weighted by molar-refractivity contribution is 5.73. The highest BCUT2D eigenvalue weighted by atomic mass is 16.5. The van der Waals surface area contributed by atoms with Gasteiger partial charge >= 0.3 is 0 Å². The van der Waals surface area contributed by atoms with Crippen LogP contribution in [-0.4, -0.2) is 89.5 Å². The average Bonchev–Trinajstić information content (AvgIpc) is 2.97. The number of carbonyl (C=O) groups is 1. The number of hydrogen-bond acceptors (Lipinski definition) is 6. The van der Waals surface area contributed by atoms with Crippen molar-refractivity contribution in [1.82, 2.24) is 9.80 Å². The summed E-state index contributed by atoms with van der Waals surface area (Å²) < 4.78 is 6.05. The van der Waals surface area contributed by atoms with E-state index in [9.17, 15) is 15.0 Å². The number of para-hydroxylation sites is 1. The molecule has 36 heavy (non-hydrogen) atoms. The second-order valence-electron chi connectivity index (χ2n) is 11.0. The van der Waals surface area contributed by atoms with Crippen LogP contribution in [0.3, 0.4) is 0 Å². The lowest BCUT2D eigenvalue weighted by molar-refractivity contribution is -0.132. The molecule has 1 atom stereocenters. The third kappa shape index (κ3) is 6.58. The molecule has 196 valence electrons. The number of anilines is 1. The molecule has 2 aromatic carbocycles. The smallest absolute Gasteiger partial charge is 0.219 e. The Kier molecular flexibility index (Phi) is 7.93. The number of β-amino-alcohol motifs (C(OH)–C–C–N with tert-alkyl or cyclic N) is 2. The summed E-state index contributed by atoms with van der Waals surface area (Å²) in [4.78, 5) is 18.4. The zero-order valence-corrected chi connectivity index (χ0v) is 22.2. The summed E-state index contributed by atoms with van der Waals surface area (Å²) in [6.45, 7) is 11.5. The average molecular weight is 496 g/mol. The molecule has 0 bridgehead atoms. The van der Waals surface area contributed by atoms with Gasteiger partial charge in [0, 0.05) is 51.9 Å². The monoisotopic (exact) mass is 495 g/mol. The number of rotatable bonds is 6. The van der Waals surface area contributed by atoms with Gasteiger partial charge in [-0.2, -0.15) is 0 Å². The van der Waals surface area contributed by atoms with Crippen molar-refractivity contribution in [1.29, 1.82) is 0 Å². The third-order valence-electron chi connectivity index (χ3n) is 7.51. The van der Waals surface area contributed by atoms with Gasteiger partial charge in [-0.05, 0) is 68.5 Å². The summed E-state index contributed by atoms with van der Waals surface area (Å²) in [7, 11) is 0. The van der Waals surface area contributed by atoms with Gasteiger partial charge in [-0.25, -0.2) is 0 Å². The molecule has 2 aliphatic heterocycles. The first-order valence-corrected chi connectivity index (χ1v) is 13.0. The van der Waals surface area contributed by atoms with Gasteiger partial charge < -0.3 is 24.7 Å². The number of hydrogen-bond donors (Lipinski definition) is 2. The zero-order chi connectivity index (χ0) is 25.9. The molecular weight excluding hydrogens is 454 g/mol. The lowest BCUT2D eigenvalue weighted by atomic mass is 9.89. The fourth-order valence-corrected chi connectivity index (χ4v) is 5.63. The molecule has 1 amide bonds. The molecule has 7 nitrogen and oxygen atoms in total. The molecule has 4 rings (SSSR count). The maximum atomic E-state index is 12.3. The zero-order valence-electron chi connectivity index (χ0n) is 22.2. The predicted octanol–water partition coefficient (Wildman–Crippen LogP) is 2.92. The lowest BCUT2D eigenvalue weighted by Gasteiger charge is -2.43. The van der Waals surface area contributed by atoms with Crippen molar-refractivity contribution in [3.05, 3.63) is 59.2 Å². The van der Waals surface area contributed by atoms with Gasteiger partial charge in [0.15, 0.2) is 0 Å². The van der Waals surface area contributed by atoms with Crippen LogP contribution in [0.4, 0.5) is 5.69 Å². The van der Waals surface area contributed by atoms with Crippen molar-refractivity contribution in [2.45, 2.75) is 51.7 Å². The summed E-state index contributed by atoms with van der Waals surface area (Å²) in [5.41, 5.74) is 2.60. The molecule has 0 unspecified atom stereocenters. The molecule has 2 heterocycles. The van der Waals surface area contributed by atoms with E-state index < -0.39 is 11.2 Å². The predicted molar refractivity (Wildman–Crippen MR) is 143 cm³/mol. The number of nitrogens with zero attached hydrogens (tertiary/aromatic N) is 3. The van der Waals surface area contributed by atoms with Crippen LogP contribution in [0.15, 0.2) is 42.5 Å². The number of aryl methyl sites for hydroxylation is 3. The fraction of sp³-hybridized carbons (Fsp3) is 0.552. The molecule has 0 aliphatic carbocycles. The Morgan fingerprint density at radius 3 is 2.22 bits per heavy atom. The summed E-state index contributed by atoms with van der Waals surface area (Å²) in [6, 6.07) is 14.4. The van der Waals surface area contributed by atoms with E-state index in [0.29, 0.717) is 44.8 Å². The normalized spacial score (nSPS) is 22.8. The molecule has 2 N–H and O–H groups in total. The van der Waals surface area contributed by atoms with Gasteiger partial charge in [0.1, 0.15) is 18.0 Å². The Morgan fingerprint density at radius 2 is 1.58 bits per heavy atom. The van der Waals surface area contributed by atoms with Crippen LogP contribution in [-0.2, 0) is 4.79 Å². The fourth-order valence-electron chi connectivity index (χ4n) is 5.63. The maximum Gasteiger partial charge on any atom is 0.219 e. The SMILES string of the molecule is CC(=O)N1CCN(CC2(O)CCN(c3ccccc3C)CC2)C[C@@](O)(COc2cc(C)cc(C)c2)C1. The minimum absolute atomic E-state index is 0.0630. The largest absolute Gasteiger partial charge is 0.490 e. The molecule has 2 saturated heterocycles.